The van der Waals surface area contributed by atoms with Gasteiger partial charge in [0.25, 0.3) is 0 Å². The number of hydrogen-bond donors (Lipinski definition) is 2. The van der Waals surface area contributed by atoms with Crippen molar-refractivity contribution in [3.8, 4) is 11.6 Å². The van der Waals surface area contributed by atoms with Crippen LogP contribution < -0.4 is 20.1 Å². The van der Waals surface area contributed by atoms with Gasteiger partial charge in [-0.25, -0.2) is 4.98 Å². The average Bonchev–Trinajstić information content (AvgIpc) is 2.66. The molecule has 2 rings (SSSR count). The Labute approximate surface area is 149 Å². The summed E-state index contributed by atoms with van der Waals surface area (Å²) in [6, 6.07) is 11.9. The minimum Gasteiger partial charge on any atom is -0.496 e. The van der Waals surface area contributed by atoms with Crippen LogP contribution in [0.25, 0.3) is 0 Å². The maximum Gasteiger partial charge on any atom is 0.218 e. The number of ether oxygens (including phenoxy) is 2. The van der Waals surface area contributed by atoms with Crippen molar-refractivity contribution in [2.24, 2.45) is 4.99 Å². The SMILES string of the molecule is CCOc1ncccc1CNC(=NC)NCCc1ccccc1OC. The third kappa shape index (κ3) is 5.67. The fraction of sp³-hybridized carbons (Fsp3) is 0.368. The summed E-state index contributed by atoms with van der Waals surface area (Å²) in [6.07, 6.45) is 2.58. The summed E-state index contributed by atoms with van der Waals surface area (Å²) in [4.78, 5) is 8.51. The lowest BCUT2D eigenvalue weighted by molar-refractivity contribution is 0.322. The van der Waals surface area contributed by atoms with Gasteiger partial charge in [0, 0.05) is 31.9 Å². The maximum atomic E-state index is 5.54. The van der Waals surface area contributed by atoms with Crippen LogP contribution in [0, 0.1) is 0 Å². The lowest BCUT2D eigenvalue weighted by Gasteiger charge is -2.14. The minimum absolute atomic E-state index is 0.593. The number of rotatable bonds is 8. The summed E-state index contributed by atoms with van der Waals surface area (Å²) >= 11 is 0. The predicted molar refractivity (Wildman–Crippen MR) is 100 cm³/mol. The summed E-state index contributed by atoms with van der Waals surface area (Å²) in [5, 5.41) is 6.60. The van der Waals surface area contributed by atoms with Gasteiger partial charge >= 0.3 is 0 Å². The first kappa shape index (κ1) is 18.6. The van der Waals surface area contributed by atoms with Gasteiger partial charge in [-0.1, -0.05) is 24.3 Å². The van der Waals surface area contributed by atoms with Crippen LogP contribution in [0.2, 0.25) is 0 Å². The van der Waals surface area contributed by atoms with Crippen molar-refractivity contribution in [1.82, 2.24) is 15.6 Å². The van der Waals surface area contributed by atoms with Crippen molar-refractivity contribution in [3.05, 3.63) is 53.7 Å². The molecule has 2 aromatic rings. The van der Waals surface area contributed by atoms with E-state index in [0.717, 1.165) is 30.2 Å². The fourth-order valence-electron chi connectivity index (χ4n) is 2.45. The van der Waals surface area contributed by atoms with Crippen LogP contribution in [0.15, 0.2) is 47.6 Å². The number of aliphatic imine (C=N–C) groups is 1. The zero-order valence-electron chi connectivity index (χ0n) is 15.1. The molecule has 0 radical (unpaired) electrons. The second-order valence-corrected chi connectivity index (χ2v) is 5.32. The minimum atomic E-state index is 0.593. The van der Waals surface area contributed by atoms with E-state index in [-0.39, 0.29) is 0 Å². The van der Waals surface area contributed by atoms with E-state index in [1.54, 1.807) is 20.4 Å². The molecular weight excluding hydrogens is 316 g/mol. The van der Waals surface area contributed by atoms with Gasteiger partial charge in [-0.2, -0.15) is 0 Å². The van der Waals surface area contributed by atoms with E-state index in [2.05, 4.69) is 26.7 Å². The molecule has 1 aromatic heterocycles. The van der Waals surface area contributed by atoms with Crippen molar-refractivity contribution in [2.75, 3.05) is 27.3 Å². The molecule has 0 saturated carbocycles. The van der Waals surface area contributed by atoms with Gasteiger partial charge in [0.1, 0.15) is 5.75 Å². The van der Waals surface area contributed by atoms with Gasteiger partial charge in [0.05, 0.1) is 13.7 Å². The van der Waals surface area contributed by atoms with Crippen LogP contribution in [0.5, 0.6) is 11.6 Å². The van der Waals surface area contributed by atoms with Crippen LogP contribution in [0.1, 0.15) is 18.1 Å². The summed E-state index contributed by atoms with van der Waals surface area (Å²) in [5.41, 5.74) is 2.16. The molecular formula is C19H26N4O2. The molecule has 6 heteroatoms. The number of aromatic nitrogens is 1. The van der Waals surface area contributed by atoms with Crippen molar-refractivity contribution in [1.29, 1.82) is 0 Å². The first-order valence-electron chi connectivity index (χ1n) is 8.41. The smallest absolute Gasteiger partial charge is 0.218 e. The second-order valence-electron chi connectivity index (χ2n) is 5.32. The van der Waals surface area contributed by atoms with E-state index in [4.69, 9.17) is 9.47 Å². The van der Waals surface area contributed by atoms with Crippen molar-refractivity contribution in [2.45, 2.75) is 19.9 Å². The molecule has 0 amide bonds. The molecule has 0 fully saturated rings. The van der Waals surface area contributed by atoms with Gasteiger partial charge in [-0.05, 0) is 31.0 Å². The quantitative estimate of drug-likeness (QED) is 0.569. The third-order valence-electron chi connectivity index (χ3n) is 3.68. The van der Waals surface area contributed by atoms with Crippen molar-refractivity contribution >= 4 is 5.96 Å². The zero-order chi connectivity index (χ0) is 17.9. The Morgan fingerprint density at radius 1 is 1.12 bits per heavy atom. The van der Waals surface area contributed by atoms with Gasteiger partial charge in [-0.15, -0.1) is 0 Å². The lowest BCUT2D eigenvalue weighted by atomic mass is 10.1. The molecule has 0 saturated heterocycles. The average molecular weight is 342 g/mol. The number of nitrogens with zero attached hydrogens (tertiary/aromatic N) is 2. The molecule has 0 unspecified atom stereocenters. The van der Waals surface area contributed by atoms with Crippen LogP contribution in [-0.2, 0) is 13.0 Å². The molecule has 6 nitrogen and oxygen atoms in total. The second kappa shape index (κ2) is 10.2. The molecule has 2 N–H and O–H groups in total. The van der Waals surface area contributed by atoms with E-state index in [1.807, 2.05) is 37.3 Å². The molecule has 0 aliphatic rings. The van der Waals surface area contributed by atoms with Crippen LogP contribution in [0.4, 0.5) is 0 Å². The summed E-state index contributed by atoms with van der Waals surface area (Å²) in [7, 11) is 3.45. The predicted octanol–water partition coefficient (Wildman–Crippen LogP) is 2.40. The van der Waals surface area contributed by atoms with Crippen LogP contribution in [0.3, 0.4) is 0 Å². The van der Waals surface area contributed by atoms with E-state index in [9.17, 15) is 0 Å². The Balaban J connectivity index is 1.85. The highest BCUT2D eigenvalue weighted by molar-refractivity contribution is 5.79. The van der Waals surface area contributed by atoms with E-state index in [0.29, 0.717) is 19.0 Å². The molecule has 0 aliphatic carbocycles. The van der Waals surface area contributed by atoms with Gasteiger partial charge in [0.2, 0.25) is 5.88 Å². The van der Waals surface area contributed by atoms with Crippen LogP contribution >= 0.6 is 0 Å². The largest absolute Gasteiger partial charge is 0.496 e. The summed E-state index contributed by atoms with van der Waals surface area (Å²) in [5.74, 6) is 2.30. The van der Waals surface area contributed by atoms with Crippen molar-refractivity contribution in [3.63, 3.8) is 0 Å². The Morgan fingerprint density at radius 3 is 2.68 bits per heavy atom. The Bertz CT molecular complexity index is 689. The Hall–Kier alpha value is -2.76. The highest BCUT2D eigenvalue weighted by atomic mass is 16.5. The summed E-state index contributed by atoms with van der Waals surface area (Å²) in [6.45, 7) is 3.89. The zero-order valence-corrected chi connectivity index (χ0v) is 15.1. The van der Waals surface area contributed by atoms with Gasteiger partial charge in [0.15, 0.2) is 5.96 Å². The third-order valence-corrected chi connectivity index (χ3v) is 3.68. The molecule has 0 bridgehead atoms. The Morgan fingerprint density at radius 2 is 1.92 bits per heavy atom. The monoisotopic (exact) mass is 342 g/mol. The van der Waals surface area contributed by atoms with Crippen LogP contribution in [-0.4, -0.2) is 38.3 Å². The number of benzene rings is 1. The standard InChI is InChI=1S/C19H26N4O2/c1-4-25-18-16(9-7-12-21-18)14-23-19(20-2)22-13-11-15-8-5-6-10-17(15)24-3/h5-10,12H,4,11,13-14H2,1-3H3,(H2,20,22,23). The number of para-hydroxylation sites is 1. The molecule has 0 atom stereocenters. The normalized spacial score (nSPS) is 11.1. The highest BCUT2D eigenvalue weighted by Crippen LogP contribution is 2.17. The number of hydrogen-bond acceptors (Lipinski definition) is 4. The van der Waals surface area contributed by atoms with Gasteiger partial charge < -0.3 is 20.1 Å². The number of guanidine groups is 1. The highest BCUT2D eigenvalue weighted by Gasteiger charge is 2.06. The number of nitrogens with one attached hydrogen (secondary N) is 2. The van der Waals surface area contributed by atoms with E-state index < -0.39 is 0 Å². The molecule has 1 aromatic carbocycles. The number of methoxy groups -OCH3 is 1. The maximum absolute atomic E-state index is 5.54. The molecule has 25 heavy (non-hydrogen) atoms. The lowest BCUT2D eigenvalue weighted by Crippen LogP contribution is -2.38. The summed E-state index contributed by atoms with van der Waals surface area (Å²) < 4.78 is 10.9. The van der Waals surface area contributed by atoms with E-state index in [1.165, 1.54) is 5.56 Å². The first-order valence-corrected chi connectivity index (χ1v) is 8.41. The molecule has 0 spiro atoms. The molecule has 134 valence electrons. The van der Waals surface area contributed by atoms with Crippen molar-refractivity contribution < 1.29 is 9.47 Å². The first-order chi connectivity index (χ1) is 12.3. The topological polar surface area (TPSA) is 67.8 Å². The molecule has 1 heterocycles. The molecule has 0 aliphatic heterocycles. The number of pyridine rings is 1. The van der Waals surface area contributed by atoms with Gasteiger partial charge in [-0.3, -0.25) is 4.99 Å². The Kier molecular flexibility index (Phi) is 7.56. The fourth-order valence-corrected chi connectivity index (χ4v) is 2.45. The van der Waals surface area contributed by atoms with E-state index >= 15 is 0 Å².